The molecular formula is C28H38FN3O4S. The summed E-state index contributed by atoms with van der Waals surface area (Å²) in [6, 6.07) is 10.9. The predicted octanol–water partition coefficient (Wildman–Crippen LogP) is 4.46. The monoisotopic (exact) mass is 531 g/mol. The maximum Gasteiger partial charge on any atom is 0.242 e. The van der Waals surface area contributed by atoms with Gasteiger partial charge in [0.15, 0.2) is 0 Å². The Balaban J connectivity index is 1.73. The summed E-state index contributed by atoms with van der Waals surface area (Å²) in [5.74, 6) is -0.843. The molecule has 3 rings (SSSR count). The third kappa shape index (κ3) is 8.02. The lowest BCUT2D eigenvalue weighted by molar-refractivity contribution is -0.141. The van der Waals surface area contributed by atoms with Crippen LogP contribution in [0.1, 0.15) is 62.1 Å². The summed E-state index contributed by atoms with van der Waals surface area (Å²) >= 11 is 0. The lowest BCUT2D eigenvalue weighted by Gasteiger charge is -2.30. The number of nitrogens with one attached hydrogen (secondary N) is 1. The van der Waals surface area contributed by atoms with Gasteiger partial charge in [0.1, 0.15) is 11.9 Å². The highest BCUT2D eigenvalue weighted by atomic mass is 32.2. The van der Waals surface area contributed by atoms with E-state index in [0.717, 1.165) is 43.1 Å². The summed E-state index contributed by atoms with van der Waals surface area (Å²) in [6.07, 6.45) is 5.54. The molecule has 7 nitrogen and oxygen atoms in total. The van der Waals surface area contributed by atoms with Crippen molar-refractivity contribution >= 4 is 27.5 Å². The molecule has 0 aliphatic heterocycles. The van der Waals surface area contributed by atoms with E-state index in [1.807, 2.05) is 32.0 Å². The number of hydrogen-bond acceptors (Lipinski definition) is 4. The van der Waals surface area contributed by atoms with Crippen molar-refractivity contribution in [2.24, 2.45) is 0 Å². The molecule has 2 amide bonds. The van der Waals surface area contributed by atoms with Gasteiger partial charge in [0.05, 0.1) is 11.9 Å². The topological polar surface area (TPSA) is 86.8 Å². The fourth-order valence-corrected chi connectivity index (χ4v) is 5.75. The number of anilines is 1. The predicted molar refractivity (Wildman–Crippen MR) is 144 cm³/mol. The summed E-state index contributed by atoms with van der Waals surface area (Å²) in [4.78, 5) is 27.9. The second kappa shape index (κ2) is 12.5. The Morgan fingerprint density at radius 1 is 1.08 bits per heavy atom. The van der Waals surface area contributed by atoms with Gasteiger partial charge in [-0.1, -0.05) is 37.1 Å². The third-order valence-corrected chi connectivity index (χ3v) is 8.10. The molecule has 1 fully saturated rings. The van der Waals surface area contributed by atoms with Crippen LogP contribution in [-0.4, -0.2) is 50.0 Å². The molecule has 2 aromatic carbocycles. The molecule has 202 valence electrons. The number of halogens is 1. The van der Waals surface area contributed by atoms with Crippen LogP contribution in [0, 0.1) is 19.7 Å². The molecule has 1 aliphatic carbocycles. The second-order valence-corrected chi connectivity index (χ2v) is 11.9. The van der Waals surface area contributed by atoms with E-state index in [1.54, 1.807) is 19.1 Å². The van der Waals surface area contributed by atoms with Crippen LogP contribution in [-0.2, 0) is 26.2 Å². The summed E-state index contributed by atoms with van der Waals surface area (Å²) < 4.78 is 39.9. The van der Waals surface area contributed by atoms with Crippen LogP contribution in [0.3, 0.4) is 0 Å². The fourth-order valence-electron chi connectivity index (χ4n) is 4.73. The molecule has 0 unspecified atom stereocenters. The molecule has 1 saturated carbocycles. The third-order valence-electron chi connectivity index (χ3n) is 6.92. The second-order valence-electron chi connectivity index (χ2n) is 10.0. The minimum atomic E-state index is -3.56. The first kappa shape index (κ1) is 28.6. The first-order valence-corrected chi connectivity index (χ1v) is 14.7. The Bertz CT molecular complexity index is 1190. The Labute approximate surface area is 220 Å². The zero-order valence-electron chi connectivity index (χ0n) is 22.2. The molecule has 0 heterocycles. The van der Waals surface area contributed by atoms with Crippen molar-refractivity contribution in [2.45, 2.75) is 77.9 Å². The molecule has 9 heteroatoms. The van der Waals surface area contributed by atoms with Crippen molar-refractivity contribution in [3.63, 3.8) is 0 Å². The number of benzene rings is 2. The highest BCUT2D eigenvalue weighted by Gasteiger charge is 2.29. The van der Waals surface area contributed by atoms with E-state index in [1.165, 1.54) is 21.3 Å². The number of sulfonamides is 1. The van der Waals surface area contributed by atoms with Crippen LogP contribution in [0.25, 0.3) is 0 Å². The maximum atomic E-state index is 13.4. The summed E-state index contributed by atoms with van der Waals surface area (Å²) in [6.45, 7) is 5.75. The lowest BCUT2D eigenvalue weighted by atomic mass is 10.1. The first-order chi connectivity index (χ1) is 17.5. The first-order valence-electron chi connectivity index (χ1n) is 12.8. The number of carbonyl (C=O) groups is 2. The van der Waals surface area contributed by atoms with E-state index in [2.05, 4.69) is 5.32 Å². The Hall–Kier alpha value is -2.94. The normalized spacial score (nSPS) is 14.8. The average molecular weight is 532 g/mol. The SMILES string of the molecule is Cc1ccc(C)c(N(CCCC(=O)N(Cc2ccc(F)cc2)[C@@H](C)C(=O)NC2CCCC2)S(C)(=O)=O)c1. The molecule has 0 aromatic heterocycles. The van der Waals surface area contributed by atoms with Gasteiger partial charge in [0.2, 0.25) is 21.8 Å². The number of hydrogen-bond donors (Lipinski definition) is 1. The van der Waals surface area contributed by atoms with E-state index in [4.69, 9.17) is 0 Å². The summed E-state index contributed by atoms with van der Waals surface area (Å²) in [5, 5.41) is 3.06. The van der Waals surface area contributed by atoms with Gasteiger partial charge >= 0.3 is 0 Å². The van der Waals surface area contributed by atoms with Crippen molar-refractivity contribution in [2.75, 3.05) is 17.1 Å². The standard InChI is InChI=1S/C28H38FN3O4S/c1-20-11-12-21(2)26(18-20)32(37(4,35)36)17-7-10-27(33)31(19-23-13-15-24(29)16-14-23)22(3)28(34)30-25-8-5-6-9-25/h11-16,18,22,25H,5-10,17,19H2,1-4H3,(H,30,34)/t22-/m0/s1. The molecule has 1 N–H and O–H groups in total. The molecule has 0 spiro atoms. The largest absolute Gasteiger partial charge is 0.352 e. The zero-order valence-corrected chi connectivity index (χ0v) is 23.0. The molecule has 1 aliphatic rings. The lowest BCUT2D eigenvalue weighted by Crippen LogP contribution is -2.49. The Morgan fingerprint density at radius 3 is 2.35 bits per heavy atom. The van der Waals surface area contributed by atoms with Crippen molar-refractivity contribution in [1.82, 2.24) is 10.2 Å². The van der Waals surface area contributed by atoms with Gasteiger partial charge in [-0.25, -0.2) is 12.8 Å². The van der Waals surface area contributed by atoms with Gasteiger partial charge in [-0.15, -0.1) is 0 Å². The number of amides is 2. The van der Waals surface area contributed by atoms with Crippen LogP contribution in [0.2, 0.25) is 0 Å². The van der Waals surface area contributed by atoms with Crippen LogP contribution < -0.4 is 9.62 Å². The summed E-state index contributed by atoms with van der Waals surface area (Å²) in [7, 11) is -3.56. The quantitative estimate of drug-likeness (QED) is 0.464. The van der Waals surface area contributed by atoms with Crippen molar-refractivity contribution < 1.29 is 22.4 Å². The minimum Gasteiger partial charge on any atom is -0.352 e. The Morgan fingerprint density at radius 2 is 1.73 bits per heavy atom. The van der Waals surface area contributed by atoms with Crippen LogP contribution in [0.5, 0.6) is 0 Å². The average Bonchev–Trinajstić information content (AvgIpc) is 3.35. The van der Waals surface area contributed by atoms with Gasteiger partial charge < -0.3 is 10.2 Å². The highest BCUT2D eigenvalue weighted by Crippen LogP contribution is 2.25. The van der Waals surface area contributed by atoms with Gasteiger partial charge in [0.25, 0.3) is 0 Å². The number of carbonyl (C=O) groups excluding carboxylic acids is 2. The van der Waals surface area contributed by atoms with E-state index in [-0.39, 0.29) is 49.6 Å². The molecule has 0 bridgehead atoms. The maximum absolute atomic E-state index is 13.4. The smallest absolute Gasteiger partial charge is 0.242 e. The van der Waals surface area contributed by atoms with Gasteiger partial charge in [-0.05, 0) is 74.9 Å². The van der Waals surface area contributed by atoms with Crippen molar-refractivity contribution in [1.29, 1.82) is 0 Å². The van der Waals surface area contributed by atoms with Gasteiger partial charge in [-0.3, -0.25) is 13.9 Å². The van der Waals surface area contributed by atoms with Crippen LogP contribution in [0.15, 0.2) is 42.5 Å². The summed E-state index contributed by atoms with van der Waals surface area (Å²) in [5.41, 5.74) is 3.08. The molecule has 0 saturated heterocycles. The molecule has 2 aromatic rings. The minimum absolute atomic E-state index is 0.0686. The van der Waals surface area contributed by atoms with Crippen molar-refractivity contribution in [3.8, 4) is 0 Å². The van der Waals surface area contributed by atoms with E-state index in [0.29, 0.717) is 11.3 Å². The zero-order chi connectivity index (χ0) is 27.2. The van der Waals surface area contributed by atoms with Gasteiger partial charge in [0, 0.05) is 25.6 Å². The highest BCUT2D eigenvalue weighted by molar-refractivity contribution is 7.92. The van der Waals surface area contributed by atoms with E-state index < -0.39 is 16.1 Å². The molecular weight excluding hydrogens is 493 g/mol. The van der Waals surface area contributed by atoms with Crippen molar-refractivity contribution in [3.05, 3.63) is 65.0 Å². The van der Waals surface area contributed by atoms with E-state index >= 15 is 0 Å². The molecule has 37 heavy (non-hydrogen) atoms. The fraction of sp³-hybridized carbons (Fsp3) is 0.500. The number of rotatable bonds is 11. The van der Waals surface area contributed by atoms with Gasteiger partial charge in [-0.2, -0.15) is 0 Å². The Kier molecular flexibility index (Phi) is 9.70. The molecule has 1 atom stereocenters. The number of nitrogens with zero attached hydrogens (tertiary/aromatic N) is 2. The molecule has 0 radical (unpaired) electrons. The van der Waals surface area contributed by atoms with Crippen LogP contribution in [0.4, 0.5) is 10.1 Å². The number of aryl methyl sites for hydroxylation is 2. The van der Waals surface area contributed by atoms with Crippen LogP contribution >= 0.6 is 0 Å². The van der Waals surface area contributed by atoms with E-state index in [9.17, 15) is 22.4 Å².